The topological polar surface area (TPSA) is 77.5 Å². The fourth-order valence-electron chi connectivity index (χ4n) is 4.12. The minimum atomic E-state index is -0.288. The summed E-state index contributed by atoms with van der Waals surface area (Å²) in [6, 6.07) is 23.4. The molecule has 5 rings (SSSR count). The van der Waals surface area contributed by atoms with Crippen molar-refractivity contribution >= 4 is 29.6 Å². The largest absolute Gasteiger partial charge is 0.493 e. The molecule has 3 aromatic carbocycles. The number of halogens is 1. The number of anilines is 1. The number of nitrogens with zero attached hydrogens (tertiary/aromatic N) is 1. The molecule has 2 heterocycles. The van der Waals surface area contributed by atoms with E-state index in [0.29, 0.717) is 52.4 Å². The number of pyridine rings is 1. The summed E-state index contributed by atoms with van der Waals surface area (Å²) in [5.74, 6) is 1.87. The number of carbonyl (C=O) groups is 2. The van der Waals surface area contributed by atoms with E-state index in [1.807, 2.05) is 49.4 Å². The van der Waals surface area contributed by atoms with E-state index < -0.39 is 0 Å². The Bertz CT molecular complexity index is 1440. The zero-order chi connectivity index (χ0) is 25.1. The number of amides is 1. The summed E-state index contributed by atoms with van der Waals surface area (Å²) >= 11 is 6.28. The summed E-state index contributed by atoms with van der Waals surface area (Å²) in [7, 11) is 0. The lowest BCUT2D eigenvalue weighted by atomic mass is 9.93. The lowest BCUT2D eigenvalue weighted by molar-refractivity contribution is -0.109. The Kier molecular flexibility index (Phi) is 6.69. The van der Waals surface area contributed by atoms with Gasteiger partial charge in [0.2, 0.25) is 0 Å². The van der Waals surface area contributed by atoms with Crippen LogP contribution in [-0.4, -0.2) is 23.8 Å². The molecular formula is C29H23ClN2O4. The van der Waals surface area contributed by atoms with Crippen LogP contribution in [0, 0.1) is 6.92 Å². The highest BCUT2D eigenvalue weighted by Gasteiger charge is 2.23. The Hall–Kier alpha value is -4.16. The number of hydrogen-bond acceptors (Lipinski definition) is 5. The Morgan fingerprint density at radius 1 is 1.08 bits per heavy atom. The summed E-state index contributed by atoms with van der Waals surface area (Å²) in [5, 5.41) is 3.42. The number of aromatic nitrogens is 1. The van der Waals surface area contributed by atoms with Gasteiger partial charge in [-0.25, -0.2) is 4.98 Å². The van der Waals surface area contributed by atoms with Crippen molar-refractivity contribution in [2.75, 3.05) is 11.9 Å². The first-order valence-corrected chi connectivity index (χ1v) is 11.9. The highest BCUT2D eigenvalue weighted by Crippen LogP contribution is 2.38. The van der Waals surface area contributed by atoms with E-state index in [2.05, 4.69) is 10.3 Å². The van der Waals surface area contributed by atoms with Crippen LogP contribution in [0.1, 0.15) is 33.8 Å². The normalized spacial score (nSPS) is 14.3. The van der Waals surface area contributed by atoms with Gasteiger partial charge in [-0.05, 0) is 67.4 Å². The van der Waals surface area contributed by atoms with Gasteiger partial charge in [0.1, 0.15) is 29.4 Å². The quantitative estimate of drug-likeness (QED) is 0.295. The van der Waals surface area contributed by atoms with Crippen molar-refractivity contribution in [2.24, 2.45) is 0 Å². The maximum absolute atomic E-state index is 12.8. The van der Waals surface area contributed by atoms with Crippen LogP contribution in [0.15, 0.2) is 78.9 Å². The molecule has 1 aromatic heterocycles. The van der Waals surface area contributed by atoms with Crippen LogP contribution in [0.25, 0.3) is 11.3 Å². The van der Waals surface area contributed by atoms with E-state index in [4.69, 9.17) is 21.1 Å². The summed E-state index contributed by atoms with van der Waals surface area (Å²) in [6.07, 6.45) is 1.65. The monoisotopic (exact) mass is 498 g/mol. The lowest BCUT2D eigenvalue weighted by Crippen LogP contribution is -2.15. The fraction of sp³-hybridized carbons (Fsp3) is 0.138. The molecular weight excluding hydrogens is 476 g/mol. The molecule has 180 valence electrons. The van der Waals surface area contributed by atoms with Crippen LogP contribution in [0.2, 0.25) is 5.02 Å². The smallest absolute Gasteiger partial charge is 0.256 e. The standard InChI is InChI=1S/C29H23ClN2O4/c1-18-15-23-20(17-33)13-14-35-27(23)16-26(18)36-21-11-9-19(10-12-21)29(34)32-28-8-4-7-25(31-28)22-5-2-3-6-24(22)30/h2-12,15-17,20H,13-14H2,1H3,(H,31,32,34). The molecule has 6 nitrogen and oxygen atoms in total. The van der Waals surface area contributed by atoms with Gasteiger partial charge in [0.25, 0.3) is 5.91 Å². The molecule has 0 saturated carbocycles. The molecule has 4 aromatic rings. The molecule has 0 radical (unpaired) electrons. The number of aryl methyl sites for hydroxylation is 1. The van der Waals surface area contributed by atoms with Crippen molar-refractivity contribution in [3.05, 3.63) is 101 Å². The number of fused-ring (bicyclic) bond motifs is 1. The molecule has 36 heavy (non-hydrogen) atoms. The summed E-state index contributed by atoms with van der Waals surface area (Å²) in [6.45, 7) is 2.43. The number of aldehydes is 1. The van der Waals surface area contributed by atoms with Gasteiger partial charge in [0.05, 0.1) is 12.3 Å². The van der Waals surface area contributed by atoms with Gasteiger partial charge >= 0.3 is 0 Å². The van der Waals surface area contributed by atoms with E-state index >= 15 is 0 Å². The molecule has 1 amide bonds. The van der Waals surface area contributed by atoms with Crippen molar-refractivity contribution in [3.63, 3.8) is 0 Å². The minimum Gasteiger partial charge on any atom is -0.493 e. The van der Waals surface area contributed by atoms with E-state index in [0.717, 1.165) is 23.0 Å². The van der Waals surface area contributed by atoms with Gasteiger partial charge in [0.15, 0.2) is 0 Å². The van der Waals surface area contributed by atoms with Crippen LogP contribution in [0.5, 0.6) is 17.2 Å². The molecule has 1 N–H and O–H groups in total. The predicted molar refractivity (Wildman–Crippen MR) is 139 cm³/mol. The van der Waals surface area contributed by atoms with Crippen LogP contribution in [0.3, 0.4) is 0 Å². The summed E-state index contributed by atoms with van der Waals surface area (Å²) in [4.78, 5) is 28.7. The summed E-state index contributed by atoms with van der Waals surface area (Å²) in [5.41, 5.74) is 3.72. The number of carbonyl (C=O) groups excluding carboxylic acids is 2. The number of benzene rings is 3. The van der Waals surface area contributed by atoms with Crippen LogP contribution < -0.4 is 14.8 Å². The first-order valence-electron chi connectivity index (χ1n) is 11.6. The van der Waals surface area contributed by atoms with Gasteiger partial charge in [-0.1, -0.05) is 35.9 Å². The van der Waals surface area contributed by atoms with Gasteiger partial charge in [-0.2, -0.15) is 0 Å². The first-order chi connectivity index (χ1) is 17.5. The number of hydrogen-bond donors (Lipinski definition) is 1. The molecule has 1 unspecified atom stereocenters. The van der Waals surface area contributed by atoms with Crippen molar-refractivity contribution in [3.8, 4) is 28.5 Å². The fourth-order valence-corrected chi connectivity index (χ4v) is 4.35. The molecule has 0 aliphatic carbocycles. The maximum Gasteiger partial charge on any atom is 0.256 e. The maximum atomic E-state index is 12.8. The van der Waals surface area contributed by atoms with E-state index in [-0.39, 0.29) is 11.8 Å². The number of nitrogens with one attached hydrogen (secondary N) is 1. The summed E-state index contributed by atoms with van der Waals surface area (Å²) < 4.78 is 11.8. The molecule has 1 aliphatic rings. The second kappa shape index (κ2) is 10.2. The molecule has 0 bridgehead atoms. The second-order valence-corrected chi connectivity index (χ2v) is 8.91. The van der Waals surface area contributed by atoms with Gasteiger partial charge in [0, 0.05) is 33.7 Å². The zero-order valence-corrected chi connectivity index (χ0v) is 20.3. The van der Waals surface area contributed by atoms with Crippen LogP contribution in [-0.2, 0) is 4.79 Å². The zero-order valence-electron chi connectivity index (χ0n) is 19.5. The third-order valence-corrected chi connectivity index (χ3v) is 6.37. The molecule has 1 aliphatic heterocycles. The highest BCUT2D eigenvalue weighted by atomic mass is 35.5. The third kappa shape index (κ3) is 4.95. The van der Waals surface area contributed by atoms with Gasteiger partial charge in [-0.3, -0.25) is 4.79 Å². The van der Waals surface area contributed by atoms with Crippen LogP contribution >= 0.6 is 11.6 Å². The Labute approximate surface area is 213 Å². The van der Waals surface area contributed by atoms with Gasteiger partial charge in [-0.15, -0.1) is 0 Å². The van der Waals surface area contributed by atoms with E-state index in [1.54, 1.807) is 36.4 Å². The Morgan fingerprint density at radius 3 is 2.67 bits per heavy atom. The average Bonchev–Trinajstić information content (AvgIpc) is 2.89. The Morgan fingerprint density at radius 2 is 1.89 bits per heavy atom. The minimum absolute atomic E-state index is 0.154. The Balaban J connectivity index is 1.29. The highest BCUT2D eigenvalue weighted by molar-refractivity contribution is 6.33. The molecule has 0 spiro atoms. The van der Waals surface area contributed by atoms with Crippen LogP contribution in [0.4, 0.5) is 5.82 Å². The third-order valence-electron chi connectivity index (χ3n) is 6.04. The van der Waals surface area contributed by atoms with E-state index in [9.17, 15) is 9.59 Å². The molecule has 7 heteroatoms. The molecule has 0 fully saturated rings. The van der Waals surface area contributed by atoms with Crippen molar-refractivity contribution in [2.45, 2.75) is 19.3 Å². The van der Waals surface area contributed by atoms with Crippen molar-refractivity contribution in [1.82, 2.24) is 4.98 Å². The van der Waals surface area contributed by atoms with Crippen molar-refractivity contribution in [1.29, 1.82) is 0 Å². The second-order valence-electron chi connectivity index (χ2n) is 8.50. The molecule has 1 atom stereocenters. The predicted octanol–water partition coefficient (Wildman–Crippen LogP) is 6.82. The average molecular weight is 499 g/mol. The number of ether oxygens (including phenoxy) is 2. The SMILES string of the molecule is Cc1cc2c(cc1Oc1ccc(C(=O)Nc3cccc(-c4ccccc4Cl)n3)cc1)OCCC2C=O. The van der Waals surface area contributed by atoms with Gasteiger partial charge < -0.3 is 19.6 Å². The first kappa shape index (κ1) is 23.6. The number of rotatable bonds is 6. The van der Waals surface area contributed by atoms with Crippen molar-refractivity contribution < 1.29 is 19.1 Å². The van der Waals surface area contributed by atoms with E-state index in [1.165, 1.54) is 0 Å². The molecule has 0 saturated heterocycles. The lowest BCUT2D eigenvalue weighted by Gasteiger charge is -2.23.